The van der Waals surface area contributed by atoms with Gasteiger partial charge in [0.2, 0.25) is 5.78 Å². The fourth-order valence-corrected chi connectivity index (χ4v) is 2.12. The van der Waals surface area contributed by atoms with Crippen molar-refractivity contribution in [1.29, 1.82) is 5.26 Å². The van der Waals surface area contributed by atoms with Gasteiger partial charge in [0.05, 0.1) is 6.07 Å². The summed E-state index contributed by atoms with van der Waals surface area (Å²) in [5, 5.41) is 9.28. The van der Waals surface area contributed by atoms with Crippen LogP contribution in [0.15, 0.2) is 45.3 Å². The van der Waals surface area contributed by atoms with E-state index in [-0.39, 0.29) is 11.0 Å². The zero-order valence-electron chi connectivity index (χ0n) is 9.06. The molecule has 0 N–H and O–H groups in total. The molecule has 0 bridgehead atoms. The Balaban J connectivity index is 2.35. The quantitative estimate of drug-likeness (QED) is 0.796. The summed E-state index contributed by atoms with van der Waals surface area (Å²) in [4.78, 5) is 12.1. The van der Waals surface area contributed by atoms with Crippen LogP contribution >= 0.6 is 27.5 Å². The number of halogens is 2. The first-order chi connectivity index (χ1) is 8.61. The van der Waals surface area contributed by atoms with Gasteiger partial charge in [-0.1, -0.05) is 28.1 Å². The van der Waals surface area contributed by atoms with E-state index >= 15 is 0 Å². The molecule has 0 fully saturated rings. The molecule has 1 heterocycles. The van der Waals surface area contributed by atoms with Crippen LogP contribution in [-0.4, -0.2) is 5.78 Å². The molecule has 2 rings (SSSR count). The van der Waals surface area contributed by atoms with Crippen LogP contribution in [0.5, 0.6) is 0 Å². The summed E-state index contributed by atoms with van der Waals surface area (Å²) in [5.74, 6) is -1.21. The predicted molar refractivity (Wildman–Crippen MR) is 70.5 cm³/mol. The van der Waals surface area contributed by atoms with E-state index in [2.05, 4.69) is 15.9 Å². The maximum absolute atomic E-state index is 12.1. The van der Waals surface area contributed by atoms with E-state index in [0.29, 0.717) is 5.56 Å². The molecule has 0 radical (unpaired) electrons. The normalized spacial score (nSPS) is 11.8. The molecule has 0 aliphatic carbocycles. The van der Waals surface area contributed by atoms with E-state index in [1.807, 2.05) is 12.1 Å². The van der Waals surface area contributed by atoms with E-state index in [1.54, 1.807) is 18.2 Å². The molecule has 1 atom stereocenters. The molecule has 0 saturated heterocycles. The van der Waals surface area contributed by atoms with E-state index in [1.165, 1.54) is 12.1 Å². The number of carbonyl (C=O) groups is 1. The maximum Gasteiger partial charge on any atom is 0.219 e. The molecule has 5 heteroatoms. The van der Waals surface area contributed by atoms with Crippen molar-refractivity contribution in [1.82, 2.24) is 0 Å². The first kappa shape index (κ1) is 12.9. The largest absolute Gasteiger partial charge is 0.442 e. The number of furan rings is 1. The van der Waals surface area contributed by atoms with Crippen molar-refractivity contribution in [2.75, 3.05) is 0 Å². The molecule has 3 nitrogen and oxygen atoms in total. The Morgan fingerprint density at radius 3 is 2.72 bits per heavy atom. The van der Waals surface area contributed by atoms with Crippen LogP contribution < -0.4 is 0 Å². The van der Waals surface area contributed by atoms with Crippen LogP contribution in [0.3, 0.4) is 0 Å². The van der Waals surface area contributed by atoms with E-state index in [0.717, 1.165) is 4.47 Å². The van der Waals surface area contributed by atoms with Gasteiger partial charge in [0, 0.05) is 4.47 Å². The van der Waals surface area contributed by atoms with Gasteiger partial charge in [-0.05, 0) is 41.4 Å². The third kappa shape index (κ3) is 2.63. The van der Waals surface area contributed by atoms with Crippen LogP contribution in [0.4, 0.5) is 0 Å². The van der Waals surface area contributed by atoms with E-state index in [9.17, 15) is 4.79 Å². The van der Waals surface area contributed by atoms with Crippen molar-refractivity contribution >= 4 is 33.3 Å². The summed E-state index contributed by atoms with van der Waals surface area (Å²) < 4.78 is 5.84. The van der Waals surface area contributed by atoms with Gasteiger partial charge in [0.1, 0.15) is 5.92 Å². The van der Waals surface area contributed by atoms with Crippen LogP contribution in [0.2, 0.25) is 5.22 Å². The molecule has 0 aliphatic heterocycles. The Morgan fingerprint density at radius 2 is 2.17 bits per heavy atom. The Morgan fingerprint density at radius 1 is 1.39 bits per heavy atom. The predicted octanol–water partition coefficient (Wildman–Crippen LogP) is 4.19. The van der Waals surface area contributed by atoms with Gasteiger partial charge >= 0.3 is 0 Å². The van der Waals surface area contributed by atoms with Gasteiger partial charge in [-0.2, -0.15) is 5.26 Å². The standard InChI is InChI=1S/C13H7BrClNO2/c14-9-3-1-2-8(6-9)10(7-16)13(17)11-4-5-12(15)18-11/h1-6,10H. The molecule has 1 aromatic heterocycles. The van der Waals surface area contributed by atoms with Crippen LogP contribution in [-0.2, 0) is 0 Å². The Bertz CT molecular complexity index is 630. The lowest BCUT2D eigenvalue weighted by Crippen LogP contribution is -2.10. The average molecular weight is 325 g/mol. The Hall–Kier alpha value is -1.57. The second kappa shape index (κ2) is 5.38. The van der Waals surface area contributed by atoms with Gasteiger partial charge in [-0.15, -0.1) is 0 Å². The highest BCUT2D eigenvalue weighted by atomic mass is 79.9. The molecule has 18 heavy (non-hydrogen) atoms. The molecule has 1 unspecified atom stereocenters. The van der Waals surface area contributed by atoms with Gasteiger partial charge in [-0.3, -0.25) is 4.79 Å². The van der Waals surface area contributed by atoms with Gasteiger partial charge in [0.15, 0.2) is 11.0 Å². The summed E-state index contributed by atoms with van der Waals surface area (Å²) >= 11 is 8.92. The number of ketones is 1. The summed E-state index contributed by atoms with van der Waals surface area (Å²) in [5.41, 5.74) is 0.615. The van der Waals surface area contributed by atoms with Crippen LogP contribution in [0, 0.1) is 11.3 Å². The molecule has 2 aromatic rings. The number of carbonyl (C=O) groups excluding carboxylic acids is 1. The van der Waals surface area contributed by atoms with Crippen molar-refractivity contribution in [3.63, 3.8) is 0 Å². The number of Topliss-reactive ketones (excluding diaryl/α,β-unsaturated/α-hetero) is 1. The number of rotatable bonds is 3. The van der Waals surface area contributed by atoms with Crippen LogP contribution in [0.25, 0.3) is 0 Å². The van der Waals surface area contributed by atoms with Gasteiger partial charge in [-0.25, -0.2) is 0 Å². The monoisotopic (exact) mass is 323 g/mol. The second-order valence-electron chi connectivity index (χ2n) is 3.59. The topological polar surface area (TPSA) is 54.0 Å². The van der Waals surface area contributed by atoms with Crippen molar-refractivity contribution in [2.24, 2.45) is 0 Å². The minimum atomic E-state index is -0.898. The Kier molecular flexibility index (Phi) is 3.85. The SMILES string of the molecule is N#CC(C(=O)c1ccc(Cl)o1)c1cccc(Br)c1. The average Bonchev–Trinajstić information content (AvgIpc) is 2.77. The van der Waals surface area contributed by atoms with Crippen LogP contribution in [0.1, 0.15) is 22.0 Å². The zero-order chi connectivity index (χ0) is 13.1. The number of benzene rings is 1. The van der Waals surface area contributed by atoms with Crippen molar-refractivity contribution < 1.29 is 9.21 Å². The molecular weight excluding hydrogens is 318 g/mol. The fraction of sp³-hybridized carbons (Fsp3) is 0.0769. The highest BCUT2D eigenvalue weighted by molar-refractivity contribution is 9.10. The summed E-state index contributed by atoms with van der Waals surface area (Å²) in [6.07, 6.45) is 0. The van der Waals surface area contributed by atoms with Crippen molar-refractivity contribution in [3.05, 3.63) is 57.4 Å². The number of hydrogen-bond acceptors (Lipinski definition) is 3. The molecule has 0 saturated carbocycles. The van der Waals surface area contributed by atoms with Crippen molar-refractivity contribution in [3.8, 4) is 6.07 Å². The molecular formula is C13H7BrClNO2. The van der Waals surface area contributed by atoms with Gasteiger partial charge in [0.25, 0.3) is 0 Å². The number of nitriles is 1. The number of nitrogens with zero attached hydrogens (tertiary/aromatic N) is 1. The molecule has 0 amide bonds. The second-order valence-corrected chi connectivity index (χ2v) is 4.87. The van der Waals surface area contributed by atoms with Crippen molar-refractivity contribution in [2.45, 2.75) is 5.92 Å². The Labute approximate surface area is 117 Å². The van der Waals surface area contributed by atoms with E-state index in [4.69, 9.17) is 21.3 Å². The lowest BCUT2D eigenvalue weighted by molar-refractivity contribution is 0.0952. The fourth-order valence-electron chi connectivity index (χ4n) is 1.56. The minimum Gasteiger partial charge on any atom is -0.442 e. The zero-order valence-corrected chi connectivity index (χ0v) is 11.4. The lowest BCUT2D eigenvalue weighted by Gasteiger charge is -2.06. The maximum atomic E-state index is 12.1. The van der Waals surface area contributed by atoms with Gasteiger partial charge < -0.3 is 4.42 Å². The number of hydrogen-bond donors (Lipinski definition) is 0. The highest BCUT2D eigenvalue weighted by Crippen LogP contribution is 2.25. The third-order valence-electron chi connectivity index (χ3n) is 2.39. The first-order valence-corrected chi connectivity index (χ1v) is 6.23. The summed E-state index contributed by atoms with van der Waals surface area (Å²) in [6.45, 7) is 0. The minimum absolute atomic E-state index is 0.0894. The molecule has 1 aromatic carbocycles. The summed E-state index contributed by atoms with van der Waals surface area (Å²) in [6, 6.07) is 12.0. The lowest BCUT2D eigenvalue weighted by atomic mass is 9.95. The molecule has 90 valence electrons. The summed E-state index contributed by atoms with van der Waals surface area (Å²) in [7, 11) is 0. The highest BCUT2D eigenvalue weighted by Gasteiger charge is 2.24. The van der Waals surface area contributed by atoms with E-state index < -0.39 is 11.7 Å². The molecule has 0 spiro atoms. The smallest absolute Gasteiger partial charge is 0.219 e. The first-order valence-electron chi connectivity index (χ1n) is 5.06. The molecule has 0 aliphatic rings. The third-order valence-corrected chi connectivity index (χ3v) is 3.09.